The minimum atomic E-state index is -0.337. The van der Waals surface area contributed by atoms with Crippen LogP contribution in [0.25, 0.3) is 0 Å². The highest BCUT2D eigenvalue weighted by Gasteiger charge is 2.27. The van der Waals surface area contributed by atoms with E-state index in [4.69, 9.17) is 5.73 Å². The van der Waals surface area contributed by atoms with Gasteiger partial charge >= 0.3 is 0 Å². The van der Waals surface area contributed by atoms with Gasteiger partial charge in [0, 0.05) is 49.5 Å². The van der Waals surface area contributed by atoms with Gasteiger partial charge in [0.2, 0.25) is 11.8 Å². The van der Waals surface area contributed by atoms with Gasteiger partial charge in [-0.05, 0) is 82.2 Å². The number of carbonyl (C=O) groups is 2. The van der Waals surface area contributed by atoms with Gasteiger partial charge in [-0.2, -0.15) is 0 Å². The van der Waals surface area contributed by atoms with Gasteiger partial charge in [-0.15, -0.1) is 0 Å². The van der Waals surface area contributed by atoms with Crippen LogP contribution >= 0.6 is 0 Å². The van der Waals surface area contributed by atoms with Crippen molar-refractivity contribution in [3.05, 3.63) is 24.3 Å². The van der Waals surface area contributed by atoms with Crippen molar-refractivity contribution in [3.63, 3.8) is 0 Å². The van der Waals surface area contributed by atoms with Crippen LogP contribution in [0, 0.1) is 5.92 Å². The fraction of sp³-hybridized carbons (Fsp3) is 0.667. The number of anilines is 2. The van der Waals surface area contributed by atoms with Gasteiger partial charge in [-0.1, -0.05) is 0 Å². The molecule has 0 bridgehead atoms. The fourth-order valence-corrected chi connectivity index (χ4v) is 5.27. The monoisotopic (exact) mass is 427 g/mol. The molecule has 2 saturated heterocycles. The Morgan fingerprint density at radius 2 is 1.71 bits per heavy atom. The molecule has 3 fully saturated rings. The van der Waals surface area contributed by atoms with Gasteiger partial charge in [-0.25, -0.2) is 0 Å². The second kappa shape index (κ2) is 10.0. The van der Waals surface area contributed by atoms with Crippen LogP contribution in [0.1, 0.15) is 51.4 Å². The van der Waals surface area contributed by atoms with Crippen LogP contribution < -0.4 is 21.3 Å². The Labute approximate surface area is 185 Å². The van der Waals surface area contributed by atoms with Gasteiger partial charge in [-0.3, -0.25) is 14.9 Å². The third kappa shape index (κ3) is 5.77. The van der Waals surface area contributed by atoms with Gasteiger partial charge in [0.05, 0.1) is 0 Å². The number of imide groups is 1. The molecule has 1 atom stereocenters. The average molecular weight is 428 g/mol. The van der Waals surface area contributed by atoms with E-state index in [2.05, 4.69) is 39.6 Å². The van der Waals surface area contributed by atoms with Crippen molar-refractivity contribution >= 4 is 23.2 Å². The molecule has 0 aromatic heterocycles. The summed E-state index contributed by atoms with van der Waals surface area (Å²) in [5, 5.41) is 5.64. The van der Waals surface area contributed by atoms with E-state index < -0.39 is 0 Å². The van der Waals surface area contributed by atoms with Crippen LogP contribution in [0.4, 0.5) is 11.4 Å². The van der Waals surface area contributed by atoms with Crippen molar-refractivity contribution in [2.75, 3.05) is 36.9 Å². The molecule has 1 aromatic rings. The number of nitrogens with two attached hydrogens (primary N) is 1. The molecular formula is C24H37N5O2. The molecule has 7 heteroatoms. The average Bonchev–Trinajstić information content (AvgIpc) is 2.77. The summed E-state index contributed by atoms with van der Waals surface area (Å²) in [4.78, 5) is 28.3. The highest BCUT2D eigenvalue weighted by Crippen LogP contribution is 2.27. The quantitative estimate of drug-likeness (QED) is 0.604. The third-order valence-corrected chi connectivity index (χ3v) is 7.34. The van der Waals surface area contributed by atoms with E-state index in [0.29, 0.717) is 24.9 Å². The minimum Gasteiger partial charge on any atom is -0.374 e. The number of hydrogen-bond acceptors (Lipinski definition) is 6. The first-order valence-corrected chi connectivity index (χ1v) is 11.9. The molecule has 0 radical (unpaired) electrons. The first kappa shape index (κ1) is 22.1. The molecular weight excluding hydrogens is 390 g/mol. The third-order valence-electron chi connectivity index (χ3n) is 7.34. The largest absolute Gasteiger partial charge is 0.374 e. The summed E-state index contributed by atoms with van der Waals surface area (Å²) in [5.41, 5.74) is 8.22. The van der Waals surface area contributed by atoms with E-state index >= 15 is 0 Å². The molecule has 4 N–H and O–H groups in total. The number of carbonyl (C=O) groups excluding carboxylic acids is 2. The second-order valence-electron chi connectivity index (χ2n) is 9.63. The predicted octanol–water partition coefficient (Wildman–Crippen LogP) is 2.32. The number of amides is 2. The standard InChI is InChI=1S/C24H37N5O2/c1-28(20-6-2-18(25)3-7-20)16-17-12-14-29(15-13-17)21-8-4-19(5-9-21)26-22-10-11-23(30)27-24(22)31/h4-5,8-9,17-18,20,22,26H,2-3,6-7,10-16,25H2,1H3,(H,27,30,31). The molecule has 1 saturated carbocycles. The summed E-state index contributed by atoms with van der Waals surface area (Å²) >= 11 is 0. The lowest BCUT2D eigenvalue weighted by Gasteiger charge is -2.39. The summed E-state index contributed by atoms with van der Waals surface area (Å²) in [6.45, 7) is 3.38. The molecule has 3 aliphatic rings. The van der Waals surface area contributed by atoms with Crippen LogP contribution in [0.5, 0.6) is 0 Å². The van der Waals surface area contributed by atoms with E-state index in [1.807, 2.05) is 12.1 Å². The van der Waals surface area contributed by atoms with Crippen LogP contribution in [-0.2, 0) is 9.59 Å². The number of piperidine rings is 2. The summed E-state index contributed by atoms with van der Waals surface area (Å²) in [6, 6.07) is 9.12. The molecule has 1 aliphatic carbocycles. The number of rotatable bonds is 6. The molecule has 2 heterocycles. The van der Waals surface area contributed by atoms with Gasteiger partial charge in [0.1, 0.15) is 6.04 Å². The Kier molecular flexibility index (Phi) is 7.13. The lowest BCUT2D eigenvalue weighted by molar-refractivity contribution is -0.133. The number of nitrogens with zero attached hydrogens (tertiary/aromatic N) is 2. The molecule has 4 rings (SSSR count). The zero-order valence-electron chi connectivity index (χ0n) is 18.7. The van der Waals surface area contributed by atoms with Crippen molar-refractivity contribution in [1.82, 2.24) is 10.2 Å². The molecule has 2 amide bonds. The Morgan fingerprint density at radius 1 is 1.03 bits per heavy atom. The lowest BCUT2D eigenvalue weighted by Crippen LogP contribution is -2.47. The van der Waals surface area contributed by atoms with E-state index in [9.17, 15) is 9.59 Å². The van der Waals surface area contributed by atoms with Crippen LogP contribution in [0.2, 0.25) is 0 Å². The summed E-state index contributed by atoms with van der Waals surface area (Å²) in [7, 11) is 2.29. The topological polar surface area (TPSA) is 90.7 Å². The SMILES string of the molecule is CN(CC1CCN(c2ccc(NC3CCC(=O)NC3=O)cc2)CC1)C1CCC(N)CC1. The summed E-state index contributed by atoms with van der Waals surface area (Å²) < 4.78 is 0. The van der Waals surface area contributed by atoms with E-state index in [0.717, 1.165) is 24.7 Å². The van der Waals surface area contributed by atoms with E-state index in [1.165, 1.54) is 50.8 Å². The van der Waals surface area contributed by atoms with Gasteiger partial charge < -0.3 is 20.9 Å². The zero-order valence-corrected chi connectivity index (χ0v) is 18.7. The number of benzene rings is 1. The Morgan fingerprint density at radius 3 is 2.35 bits per heavy atom. The maximum atomic E-state index is 11.9. The maximum Gasteiger partial charge on any atom is 0.249 e. The highest BCUT2D eigenvalue weighted by atomic mass is 16.2. The zero-order chi connectivity index (χ0) is 21.8. The molecule has 0 spiro atoms. The Balaban J connectivity index is 1.22. The minimum absolute atomic E-state index is 0.184. The first-order chi connectivity index (χ1) is 15.0. The van der Waals surface area contributed by atoms with E-state index in [-0.39, 0.29) is 17.9 Å². The van der Waals surface area contributed by atoms with Gasteiger partial charge in [0.25, 0.3) is 0 Å². The maximum absolute atomic E-state index is 11.9. The van der Waals surface area contributed by atoms with Crippen molar-refractivity contribution in [3.8, 4) is 0 Å². The predicted molar refractivity (Wildman–Crippen MR) is 124 cm³/mol. The Hall–Kier alpha value is -2.12. The van der Waals surface area contributed by atoms with Crippen LogP contribution in [0.15, 0.2) is 24.3 Å². The smallest absolute Gasteiger partial charge is 0.249 e. The number of hydrogen-bond donors (Lipinski definition) is 3. The van der Waals surface area contributed by atoms with Crippen molar-refractivity contribution in [1.29, 1.82) is 0 Å². The summed E-state index contributed by atoms with van der Waals surface area (Å²) in [6.07, 6.45) is 8.22. The highest BCUT2D eigenvalue weighted by molar-refractivity contribution is 6.01. The first-order valence-electron chi connectivity index (χ1n) is 11.9. The van der Waals surface area contributed by atoms with Crippen molar-refractivity contribution in [2.24, 2.45) is 11.7 Å². The molecule has 1 aromatic carbocycles. The van der Waals surface area contributed by atoms with Crippen molar-refractivity contribution < 1.29 is 9.59 Å². The fourth-order valence-electron chi connectivity index (χ4n) is 5.27. The second-order valence-corrected chi connectivity index (χ2v) is 9.63. The molecule has 1 unspecified atom stereocenters. The number of nitrogens with one attached hydrogen (secondary N) is 2. The lowest BCUT2D eigenvalue weighted by atomic mass is 9.89. The molecule has 31 heavy (non-hydrogen) atoms. The van der Waals surface area contributed by atoms with Crippen LogP contribution in [0.3, 0.4) is 0 Å². The van der Waals surface area contributed by atoms with Gasteiger partial charge in [0.15, 0.2) is 0 Å². The Bertz CT molecular complexity index is 752. The van der Waals surface area contributed by atoms with E-state index in [1.54, 1.807) is 0 Å². The van der Waals surface area contributed by atoms with Crippen molar-refractivity contribution in [2.45, 2.75) is 69.5 Å². The van der Waals surface area contributed by atoms with Crippen LogP contribution in [-0.4, -0.2) is 61.5 Å². The summed E-state index contributed by atoms with van der Waals surface area (Å²) in [5.74, 6) is 0.352. The molecule has 7 nitrogen and oxygen atoms in total. The molecule has 2 aliphatic heterocycles. The normalized spacial score (nSPS) is 28.0. The molecule has 170 valence electrons.